The van der Waals surface area contributed by atoms with Gasteiger partial charge in [0.25, 0.3) is 5.91 Å². The molecule has 4 N–H and O–H groups in total. The summed E-state index contributed by atoms with van der Waals surface area (Å²) in [6.07, 6.45) is 0. The molecule has 20 heavy (non-hydrogen) atoms. The zero-order valence-electron chi connectivity index (χ0n) is 10.9. The Labute approximate surface area is 124 Å². The van der Waals surface area contributed by atoms with Crippen LogP contribution >= 0.6 is 22.9 Å². The van der Waals surface area contributed by atoms with Gasteiger partial charge in [0.1, 0.15) is 16.4 Å². The van der Waals surface area contributed by atoms with E-state index < -0.39 is 0 Å². The van der Waals surface area contributed by atoms with Crippen molar-refractivity contribution in [3.8, 4) is 5.75 Å². The topological polar surface area (TPSA) is 89.3 Å². The maximum Gasteiger partial charge on any atom is 0.269 e. The van der Waals surface area contributed by atoms with Gasteiger partial charge in [-0.15, -0.1) is 0 Å². The monoisotopic (exact) mass is 312 g/mol. The summed E-state index contributed by atoms with van der Waals surface area (Å²) in [5, 5.41) is 6.62. The van der Waals surface area contributed by atoms with E-state index in [0.717, 1.165) is 0 Å². The van der Waals surface area contributed by atoms with Gasteiger partial charge in [-0.1, -0.05) is 22.9 Å². The Bertz CT molecular complexity index is 644. The van der Waals surface area contributed by atoms with Crippen molar-refractivity contribution in [2.24, 2.45) is 0 Å². The highest BCUT2D eigenvalue weighted by Gasteiger charge is 2.16. The van der Waals surface area contributed by atoms with Crippen LogP contribution in [-0.2, 0) is 0 Å². The standard InChI is InChI=1S/C12H13ClN4O2S/c1-15-12-17-10(14)9(20-12)11(18)16-6-3-4-7(13)8(5-6)19-2/h3-5H,14H2,1-2H3,(H,15,17)(H,16,18). The van der Waals surface area contributed by atoms with E-state index in [1.165, 1.54) is 18.4 Å². The molecule has 8 heteroatoms. The maximum absolute atomic E-state index is 12.1. The Morgan fingerprint density at radius 1 is 1.50 bits per heavy atom. The first-order chi connectivity index (χ1) is 9.55. The maximum atomic E-state index is 12.1. The third-order valence-electron chi connectivity index (χ3n) is 2.48. The molecule has 1 aromatic heterocycles. The number of hydrogen-bond acceptors (Lipinski definition) is 6. The van der Waals surface area contributed by atoms with Crippen LogP contribution < -0.4 is 21.1 Å². The first-order valence-corrected chi connectivity index (χ1v) is 6.83. The summed E-state index contributed by atoms with van der Waals surface area (Å²) < 4.78 is 5.09. The summed E-state index contributed by atoms with van der Waals surface area (Å²) in [6, 6.07) is 4.96. The molecule has 0 saturated heterocycles. The molecular formula is C12H13ClN4O2S. The molecule has 106 valence electrons. The molecular weight excluding hydrogens is 300 g/mol. The summed E-state index contributed by atoms with van der Waals surface area (Å²) >= 11 is 7.11. The molecule has 0 saturated carbocycles. The second-order valence-corrected chi connectivity index (χ2v) is 5.19. The number of anilines is 3. The van der Waals surface area contributed by atoms with Crippen LogP contribution in [0.3, 0.4) is 0 Å². The number of nitrogens with two attached hydrogens (primary N) is 1. The predicted octanol–water partition coefficient (Wildman–Crippen LogP) is 2.68. The lowest BCUT2D eigenvalue weighted by molar-refractivity contribution is 0.103. The minimum Gasteiger partial charge on any atom is -0.495 e. The van der Waals surface area contributed by atoms with Gasteiger partial charge < -0.3 is 21.1 Å². The minimum atomic E-state index is -0.328. The van der Waals surface area contributed by atoms with Gasteiger partial charge in [-0.3, -0.25) is 4.79 Å². The van der Waals surface area contributed by atoms with Gasteiger partial charge in [0, 0.05) is 18.8 Å². The molecule has 0 atom stereocenters. The molecule has 0 aliphatic rings. The first-order valence-electron chi connectivity index (χ1n) is 5.64. The first kappa shape index (κ1) is 14.4. The van der Waals surface area contributed by atoms with Crippen molar-refractivity contribution >= 4 is 45.5 Å². The van der Waals surface area contributed by atoms with Crippen molar-refractivity contribution in [3.05, 3.63) is 28.1 Å². The Morgan fingerprint density at radius 3 is 2.85 bits per heavy atom. The average Bonchev–Trinajstić information content (AvgIpc) is 2.82. The highest BCUT2D eigenvalue weighted by atomic mass is 35.5. The van der Waals surface area contributed by atoms with Crippen LogP contribution in [0.5, 0.6) is 5.75 Å². The molecule has 2 rings (SSSR count). The number of amides is 1. The molecule has 0 spiro atoms. The Kier molecular flexibility index (Phi) is 4.31. The number of ether oxygens (including phenoxy) is 1. The van der Waals surface area contributed by atoms with Gasteiger partial charge in [-0.25, -0.2) is 4.98 Å². The number of rotatable bonds is 4. The molecule has 0 aliphatic carbocycles. The zero-order valence-corrected chi connectivity index (χ0v) is 12.4. The fourth-order valence-corrected chi connectivity index (χ4v) is 2.46. The second-order valence-electron chi connectivity index (χ2n) is 3.79. The number of nitrogens with one attached hydrogen (secondary N) is 2. The number of carbonyl (C=O) groups is 1. The van der Waals surface area contributed by atoms with E-state index in [0.29, 0.717) is 26.5 Å². The van der Waals surface area contributed by atoms with E-state index >= 15 is 0 Å². The quantitative estimate of drug-likeness (QED) is 0.807. The molecule has 2 aromatic rings. The summed E-state index contributed by atoms with van der Waals surface area (Å²) in [7, 11) is 3.22. The third-order valence-corrected chi connectivity index (χ3v) is 3.88. The molecule has 6 nitrogen and oxygen atoms in total. The third kappa shape index (κ3) is 2.94. The van der Waals surface area contributed by atoms with E-state index in [-0.39, 0.29) is 11.7 Å². The normalized spacial score (nSPS) is 10.2. The highest BCUT2D eigenvalue weighted by Crippen LogP contribution is 2.29. The van der Waals surface area contributed by atoms with E-state index in [2.05, 4.69) is 15.6 Å². The Balaban J connectivity index is 2.20. The number of thiazole rings is 1. The fraction of sp³-hybridized carbons (Fsp3) is 0.167. The van der Waals surface area contributed by atoms with Gasteiger partial charge >= 0.3 is 0 Å². The number of aromatic nitrogens is 1. The number of benzene rings is 1. The number of nitrogen functional groups attached to an aromatic ring is 1. The predicted molar refractivity (Wildman–Crippen MR) is 82.0 cm³/mol. The number of nitrogens with zero attached hydrogens (tertiary/aromatic N) is 1. The fourth-order valence-electron chi connectivity index (χ4n) is 1.53. The van der Waals surface area contributed by atoms with Crippen molar-refractivity contribution in [2.75, 3.05) is 30.5 Å². The van der Waals surface area contributed by atoms with Crippen LogP contribution in [0.25, 0.3) is 0 Å². The van der Waals surface area contributed by atoms with Crippen molar-refractivity contribution in [1.82, 2.24) is 4.98 Å². The number of methoxy groups -OCH3 is 1. The summed E-state index contributed by atoms with van der Waals surface area (Å²) in [6.45, 7) is 0. The van der Waals surface area contributed by atoms with Crippen LogP contribution in [0.15, 0.2) is 18.2 Å². The average molecular weight is 313 g/mol. The van der Waals surface area contributed by atoms with Crippen LogP contribution in [0.1, 0.15) is 9.67 Å². The highest BCUT2D eigenvalue weighted by molar-refractivity contribution is 7.18. The lowest BCUT2D eigenvalue weighted by Gasteiger charge is -2.07. The molecule has 1 heterocycles. The smallest absolute Gasteiger partial charge is 0.269 e. The van der Waals surface area contributed by atoms with E-state index in [1.54, 1.807) is 25.2 Å². The summed E-state index contributed by atoms with van der Waals surface area (Å²) in [4.78, 5) is 16.5. The molecule has 0 aliphatic heterocycles. The Morgan fingerprint density at radius 2 is 2.25 bits per heavy atom. The van der Waals surface area contributed by atoms with E-state index in [4.69, 9.17) is 22.1 Å². The van der Waals surface area contributed by atoms with Crippen molar-refractivity contribution < 1.29 is 9.53 Å². The van der Waals surface area contributed by atoms with Crippen molar-refractivity contribution in [1.29, 1.82) is 0 Å². The van der Waals surface area contributed by atoms with Crippen LogP contribution in [0.4, 0.5) is 16.6 Å². The summed E-state index contributed by atoms with van der Waals surface area (Å²) in [5.74, 6) is 0.348. The lowest BCUT2D eigenvalue weighted by atomic mass is 10.3. The van der Waals surface area contributed by atoms with Crippen molar-refractivity contribution in [3.63, 3.8) is 0 Å². The van der Waals surface area contributed by atoms with Crippen LogP contribution in [-0.4, -0.2) is 25.0 Å². The number of halogens is 1. The minimum absolute atomic E-state index is 0.192. The summed E-state index contributed by atoms with van der Waals surface area (Å²) in [5.41, 5.74) is 6.27. The second kappa shape index (κ2) is 5.98. The molecule has 1 aromatic carbocycles. The van der Waals surface area contributed by atoms with E-state index in [1.807, 2.05) is 0 Å². The van der Waals surface area contributed by atoms with Gasteiger partial charge in [0.15, 0.2) is 5.13 Å². The van der Waals surface area contributed by atoms with Crippen LogP contribution in [0, 0.1) is 0 Å². The molecule has 0 unspecified atom stereocenters. The van der Waals surface area contributed by atoms with Gasteiger partial charge in [0.2, 0.25) is 0 Å². The SMILES string of the molecule is CNc1nc(N)c(C(=O)Nc2ccc(Cl)c(OC)c2)s1. The zero-order chi connectivity index (χ0) is 14.7. The molecule has 0 radical (unpaired) electrons. The van der Waals surface area contributed by atoms with Crippen molar-refractivity contribution in [2.45, 2.75) is 0 Å². The molecule has 1 amide bonds. The molecule has 0 bridgehead atoms. The van der Waals surface area contributed by atoms with Crippen LogP contribution in [0.2, 0.25) is 5.02 Å². The Hall–Kier alpha value is -1.99. The lowest BCUT2D eigenvalue weighted by Crippen LogP contribution is -2.12. The number of hydrogen-bond donors (Lipinski definition) is 3. The molecule has 0 fully saturated rings. The number of carbonyl (C=O) groups excluding carboxylic acids is 1. The van der Waals surface area contributed by atoms with Gasteiger partial charge in [0.05, 0.1) is 12.1 Å². The largest absolute Gasteiger partial charge is 0.495 e. The van der Waals surface area contributed by atoms with Gasteiger partial charge in [-0.2, -0.15) is 0 Å². The van der Waals surface area contributed by atoms with Gasteiger partial charge in [-0.05, 0) is 12.1 Å². The van der Waals surface area contributed by atoms with E-state index in [9.17, 15) is 4.79 Å².